The smallest absolute Gasteiger partial charge is 0.210 e. The second-order valence-electron chi connectivity index (χ2n) is 5.47. The molecule has 0 spiro atoms. The van der Waals surface area contributed by atoms with E-state index in [1.54, 1.807) is 33.5 Å². The van der Waals surface area contributed by atoms with Gasteiger partial charge in [0.05, 0.1) is 27.0 Å². The van der Waals surface area contributed by atoms with Gasteiger partial charge in [0.15, 0.2) is 11.5 Å². The van der Waals surface area contributed by atoms with E-state index < -0.39 is 0 Å². The van der Waals surface area contributed by atoms with Crippen LogP contribution in [0, 0.1) is 0 Å². The largest absolute Gasteiger partial charge is 0.493 e. The van der Waals surface area contributed by atoms with Crippen molar-refractivity contribution in [3.63, 3.8) is 0 Å². The molecule has 1 heterocycles. The summed E-state index contributed by atoms with van der Waals surface area (Å²) >= 11 is 0. The molecule has 131 valence electrons. The van der Waals surface area contributed by atoms with Gasteiger partial charge in [-0.15, -0.1) is 0 Å². The van der Waals surface area contributed by atoms with Gasteiger partial charge in [0.25, 0.3) is 0 Å². The molecule has 26 heavy (non-hydrogen) atoms. The van der Waals surface area contributed by atoms with Crippen molar-refractivity contribution in [3.05, 3.63) is 65.3 Å². The molecular formula is C19H19BN3O3. The lowest BCUT2D eigenvalue weighted by Crippen LogP contribution is -2.08. The average molecular weight is 348 g/mol. The van der Waals surface area contributed by atoms with E-state index in [2.05, 4.69) is 10.1 Å². The van der Waals surface area contributed by atoms with Crippen molar-refractivity contribution in [2.24, 2.45) is 15.9 Å². The third kappa shape index (κ3) is 3.28. The fourth-order valence-corrected chi connectivity index (χ4v) is 2.77. The lowest BCUT2D eigenvalue weighted by molar-refractivity contribution is 0.324. The predicted molar refractivity (Wildman–Crippen MR) is 104 cm³/mol. The summed E-state index contributed by atoms with van der Waals surface area (Å²) in [5.74, 6) is 9.12. The van der Waals surface area contributed by atoms with Gasteiger partial charge >= 0.3 is 0 Å². The minimum Gasteiger partial charge on any atom is -0.493 e. The van der Waals surface area contributed by atoms with E-state index in [-0.39, 0.29) is 0 Å². The maximum atomic E-state index is 5.67. The van der Waals surface area contributed by atoms with Crippen LogP contribution in [0.15, 0.2) is 64.2 Å². The molecule has 1 aliphatic rings. The van der Waals surface area contributed by atoms with Gasteiger partial charge in [-0.3, -0.25) is 4.99 Å². The number of hydrazone groups is 1. The third-order valence-corrected chi connectivity index (χ3v) is 4.02. The number of aliphatic imine (C=N–C) groups is 1. The number of nitrogens with two attached hydrogens (primary N) is 1. The molecule has 3 rings (SSSR count). The maximum Gasteiger partial charge on any atom is 0.210 e. The fourth-order valence-electron chi connectivity index (χ4n) is 2.77. The van der Waals surface area contributed by atoms with Gasteiger partial charge < -0.3 is 20.1 Å². The molecule has 6 nitrogen and oxygen atoms in total. The molecule has 0 bridgehead atoms. The molecule has 0 saturated carbocycles. The number of nitrogens with zero attached hydrogens (tertiary/aromatic N) is 2. The average Bonchev–Trinajstić information content (AvgIpc) is 3.18. The van der Waals surface area contributed by atoms with Crippen LogP contribution in [0.2, 0.25) is 0 Å². The Bertz CT molecular complexity index is 867. The Labute approximate surface area is 153 Å². The standard InChI is InChI=1S/C19H19BN3O3/c1-24-15-9-13(10-16(25-2)18(15)26-3)17(23-21)14-11-20-19(22-14)12-7-5-4-6-8-12/h4-11H,21H2,1-3H3/b23-17+. The van der Waals surface area contributed by atoms with E-state index in [1.165, 1.54) is 0 Å². The van der Waals surface area contributed by atoms with Crippen LogP contribution in [0.5, 0.6) is 17.2 Å². The first-order valence-electron chi connectivity index (χ1n) is 7.99. The van der Waals surface area contributed by atoms with Gasteiger partial charge in [0, 0.05) is 11.2 Å². The number of methoxy groups -OCH3 is 3. The molecule has 0 aromatic heterocycles. The van der Waals surface area contributed by atoms with Crippen LogP contribution in [0.25, 0.3) is 0 Å². The van der Waals surface area contributed by atoms with Crippen LogP contribution in [-0.4, -0.2) is 39.9 Å². The fraction of sp³-hybridized carbons (Fsp3) is 0.158. The van der Waals surface area contributed by atoms with Crippen molar-refractivity contribution in [3.8, 4) is 17.2 Å². The van der Waals surface area contributed by atoms with E-state index in [1.807, 2.05) is 43.6 Å². The molecule has 7 heteroatoms. The van der Waals surface area contributed by atoms with Crippen molar-refractivity contribution in [1.29, 1.82) is 0 Å². The second-order valence-corrected chi connectivity index (χ2v) is 5.47. The highest BCUT2D eigenvalue weighted by molar-refractivity contribution is 6.84. The quantitative estimate of drug-likeness (QED) is 0.376. The first kappa shape index (κ1) is 17.6. The molecule has 1 radical (unpaired) electrons. The minimum atomic E-state index is 0.510. The Hall–Kier alpha value is -3.22. The number of benzene rings is 2. The monoisotopic (exact) mass is 348 g/mol. The molecule has 0 unspecified atom stereocenters. The van der Waals surface area contributed by atoms with Gasteiger partial charge in [0.2, 0.25) is 13.0 Å². The van der Waals surface area contributed by atoms with Crippen molar-refractivity contribution in [1.82, 2.24) is 0 Å². The summed E-state index contributed by atoms with van der Waals surface area (Å²) in [6.07, 6.45) is 0. The number of hydrogen-bond acceptors (Lipinski definition) is 6. The van der Waals surface area contributed by atoms with E-state index in [4.69, 9.17) is 20.1 Å². The van der Waals surface area contributed by atoms with Crippen molar-refractivity contribution < 1.29 is 14.2 Å². The van der Waals surface area contributed by atoms with Gasteiger partial charge in [-0.1, -0.05) is 36.3 Å². The van der Waals surface area contributed by atoms with Gasteiger partial charge in [-0.25, -0.2) is 0 Å². The highest BCUT2D eigenvalue weighted by Crippen LogP contribution is 2.39. The van der Waals surface area contributed by atoms with Gasteiger partial charge in [-0.05, 0) is 17.7 Å². The Morgan fingerprint density at radius 2 is 1.65 bits per heavy atom. The summed E-state index contributed by atoms with van der Waals surface area (Å²) in [4.78, 5) is 4.66. The maximum absolute atomic E-state index is 5.67. The van der Waals surface area contributed by atoms with Crippen LogP contribution in [0.4, 0.5) is 0 Å². The molecular weight excluding hydrogens is 329 g/mol. The van der Waals surface area contributed by atoms with Crippen LogP contribution >= 0.6 is 0 Å². The number of rotatable bonds is 6. The third-order valence-electron chi connectivity index (χ3n) is 4.02. The van der Waals surface area contributed by atoms with Crippen LogP contribution in [0.3, 0.4) is 0 Å². The highest BCUT2D eigenvalue weighted by atomic mass is 16.5. The lowest BCUT2D eigenvalue weighted by Gasteiger charge is -2.14. The van der Waals surface area contributed by atoms with Crippen molar-refractivity contribution in [2.75, 3.05) is 21.3 Å². The Balaban J connectivity index is 1.99. The molecule has 2 N–H and O–H groups in total. The summed E-state index contributed by atoms with van der Waals surface area (Å²) in [5.41, 5.74) is 3.81. The summed E-state index contributed by atoms with van der Waals surface area (Å²) in [7, 11) is 6.62. The van der Waals surface area contributed by atoms with Crippen LogP contribution in [0.1, 0.15) is 11.1 Å². The first-order valence-corrected chi connectivity index (χ1v) is 7.99. The summed E-state index contributed by atoms with van der Waals surface area (Å²) in [6, 6.07) is 13.5. The van der Waals surface area contributed by atoms with E-state index in [0.29, 0.717) is 28.7 Å². The molecule has 0 atom stereocenters. The van der Waals surface area contributed by atoms with Crippen LogP contribution < -0.4 is 20.1 Å². The van der Waals surface area contributed by atoms with Crippen molar-refractivity contribution >= 4 is 18.6 Å². The first-order chi connectivity index (χ1) is 12.7. The summed E-state index contributed by atoms with van der Waals surface area (Å²) < 4.78 is 16.2. The van der Waals surface area contributed by atoms with Crippen molar-refractivity contribution in [2.45, 2.75) is 0 Å². The topological polar surface area (TPSA) is 78.4 Å². The Morgan fingerprint density at radius 1 is 1.00 bits per heavy atom. The second kappa shape index (κ2) is 7.78. The predicted octanol–water partition coefficient (Wildman–Crippen LogP) is 2.38. The molecule has 0 amide bonds. The molecule has 2 aromatic carbocycles. The minimum absolute atomic E-state index is 0.510. The van der Waals surface area contributed by atoms with E-state index >= 15 is 0 Å². The zero-order valence-electron chi connectivity index (χ0n) is 14.9. The number of ether oxygens (including phenoxy) is 3. The zero-order chi connectivity index (χ0) is 18.5. The molecule has 1 aliphatic heterocycles. The Morgan fingerprint density at radius 3 is 2.19 bits per heavy atom. The van der Waals surface area contributed by atoms with Gasteiger partial charge in [-0.2, -0.15) is 5.10 Å². The lowest BCUT2D eigenvalue weighted by atomic mass is 9.71. The van der Waals surface area contributed by atoms with E-state index in [0.717, 1.165) is 16.7 Å². The highest BCUT2D eigenvalue weighted by Gasteiger charge is 2.21. The van der Waals surface area contributed by atoms with Gasteiger partial charge in [0.1, 0.15) is 5.71 Å². The van der Waals surface area contributed by atoms with E-state index in [9.17, 15) is 0 Å². The zero-order valence-corrected chi connectivity index (χ0v) is 14.9. The van der Waals surface area contributed by atoms with Crippen LogP contribution in [-0.2, 0) is 0 Å². The summed E-state index contributed by atoms with van der Waals surface area (Å²) in [6.45, 7) is 0. The number of allylic oxidation sites excluding steroid dienone is 1. The Kier molecular flexibility index (Phi) is 5.27. The summed E-state index contributed by atoms with van der Waals surface area (Å²) in [5, 5.41) is 3.94. The molecule has 2 aromatic rings. The molecule has 0 fully saturated rings. The number of hydrogen-bond donors (Lipinski definition) is 1. The molecule has 0 saturated heterocycles. The molecule has 0 aliphatic carbocycles. The normalized spacial score (nSPS) is 13.6. The SMILES string of the molecule is COc1cc(/C(=N\N)C2=C[B]C(c3ccccc3)=N2)cc(OC)c1OC.